The molecule has 8 heteroatoms. The van der Waals surface area contributed by atoms with Gasteiger partial charge in [-0.3, -0.25) is 9.10 Å². The summed E-state index contributed by atoms with van der Waals surface area (Å²) in [5, 5.41) is 11.1. The third-order valence-electron chi connectivity index (χ3n) is 4.23. The molecule has 0 aliphatic carbocycles. The van der Waals surface area contributed by atoms with Gasteiger partial charge in [0.1, 0.15) is 4.90 Å². The Balaban J connectivity index is 2.09. The minimum Gasteiger partial charge on any atom is -0.481 e. The minimum absolute atomic E-state index is 0.00415. The molecule has 3 aromatic carbocycles. The average Bonchev–Trinajstić information content (AvgIpc) is 2.66. The summed E-state index contributed by atoms with van der Waals surface area (Å²) in [7, 11) is -4.05. The van der Waals surface area contributed by atoms with E-state index in [1.54, 1.807) is 12.1 Å². The van der Waals surface area contributed by atoms with Crippen LogP contribution in [0.3, 0.4) is 0 Å². The standard InChI is InChI=1S/C20H17Cl2NO4S/c21-16-8-10-18(22)19(13-16)28(26,27)23(11-3-6-20(24)25)17-9-7-14-4-1-2-5-15(14)12-17/h1-2,4-5,7-10,12-13H,3,6,11H2,(H,24,25). The molecular formula is C20H17Cl2NO4S. The van der Waals surface area contributed by atoms with E-state index in [0.717, 1.165) is 10.8 Å². The summed E-state index contributed by atoms with van der Waals surface area (Å²) in [6.45, 7) is -0.00415. The van der Waals surface area contributed by atoms with E-state index in [-0.39, 0.29) is 34.3 Å². The molecule has 0 spiro atoms. The Morgan fingerprint density at radius 1 is 0.964 bits per heavy atom. The largest absolute Gasteiger partial charge is 0.481 e. The summed E-state index contributed by atoms with van der Waals surface area (Å²) in [5.41, 5.74) is 0.431. The van der Waals surface area contributed by atoms with Gasteiger partial charge >= 0.3 is 5.97 Å². The van der Waals surface area contributed by atoms with Crippen molar-refractivity contribution in [1.82, 2.24) is 0 Å². The summed E-state index contributed by atoms with van der Waals surface area (Å²) in [4.78, 5) is 10.8. The van der Waals surface area contributed by atoms with Crippen LogP contribution in [-0.2, 0) is 14.8 Å². The lowest BCUT2D eigenvalue weighted by Gasteiger charge is -2.25. The molecule has 0 radical (unpaired) electrons. The van der Waals surface area contributed by atoms with Gasteiger partial charge in [-0.1, -0.05) is 53.5 Å². The summed E-state index contributed by atoms with van der Waals surface area (Å²) in [6, 6.07) is 17.1. The quantitative estimate of drug-likeness (QED) is 0.550. The number of benzene rings is 3. The highest BCUT2D eigenvalue weighted by atomic mass is 35.5. The van der Waals surface area contributed by atoms with E-state index >= 15 is 0 Å². The summed E-state index contributed by atoms with van der Waals surface area (Å²) in [6.07, 6.45) is 0.00243. The number of rotatable bonds is 7. The van der Waals surface area contributed by atoms with Crippen LogP contribution in [0.15, 0.2) is 65.6 Å². The Hall–Kier alpha value is -2.28. The van der Waals surface area contributed by atoms with Crippen molar-refractivity contribution in [2.45, 2.75) is 17.7 Å². The maximum atomic E-state index is 13.4. The second-order valence-corrected chi connectivity index (χ2v) is 8.86. The number of hydrogen-bond acceptors (Lipinski definition) is 3. The molecule has 0 unspecified atom stereocenters. The van der Waals surface area contributed by atoms with Crippen molar-refractivity contribution in [3.8, 4) is 0 Å². The number of hydrogen-bond donors (Lipinski definition) is 1. The molecule has 0 bridgehead atoms. The Kier molecular flexibility index (Phi) is 6.13. The molecule has 0 saturated heterocycles. The van der Waals surface area contributed by atoms with Gasteiger partial charge in [0.25, 0.3) is 10.0 Å². The molecule has 1 N–H and O–H groups in total. The van der Waals surface area contributed by atoms with E-state index < -0.39 is 16.0 Å². The van der Waals surface area contributed by atoms with Crippen LogP contribution in [0.4, 0.5) is 5.69 Å². The zero-order valence-corrected chi connectivity index (χ0v) is 17.0. The molecule has 28 heavy (non-hydrogen) atoms. The molecule has 146 valence electrons. The highest BCUT2D eigenvalue weighted by Gasteiger charge is 2.27. The Labute approximate surface area is 173 Å². The first-order chi connectivity index (χ1) is 13.3. The predicted octanol–water partition coefficient (Wildman–Crippen LogP) is 5.21. The second-order valence-electron chi connectivity index (χ2n) is 6.18. The predicted molar refractivity (Wildman–Crippen MR) is 112 cm³/mol. The first-order valence-electron chi connectivity index (χ1n) is 8.47. The fourth-order valence-electron chi connectivity index (χ4n) is 2.89. The zero-order valence-electron chi connectivity index (χ0n) is 14.7. The minimum atomic E-state index is -4.05. The molecule has 3 aromatic rings. The van der Waals surface area contributed by atoms with Gasteiger partial charge in [0.15, 0.2) is 0 Å². The van der Waals surface area contributed by atoms with E-state index in [9.17, 15) is 13.2 Å². The third kappa shape index (κ3) is 4.41. The molecular weight excluding hydrogens is 421 g/mol. The number of nitrogens with zero attached hydrogens (tertiary/aromatic N) is 1. The number of fused-ring (bicyclic) bond motifs is 1. The van der Waals surface area contributed by atoms with E-state index in [4.69, 9.17) is 28.3 Å². The molecule has 0 aliphatic rings. The van der Waals surface area contributed by atoms with Crippen LogP contribution in [0, 0.1) is 0 Å². The van der Waals surface area contributed by atoms with Gasteiger partial charge in [-0.2, -0.15) is 0 Å². The maximum absolute atomic E-state index is 13.4. The average molecular weight is 438 g/mol. The van der Waals surface area contributed by atoms with E-state index in [0.29, 0.717) is 5.69 Å². The topological polar surface area (TPSA) is 74.7 Å². The SMILES string of the molecule is O=C(O)CCCN(c1ccc2ccccc2c1)S(=O)(=O)c1cc(Cl)ccc1Cl. The number of carbonyl (C=O) groups is 1. The number of halogens is 2. The van der Waals surface area contributed by atoms with E-state index in [2.05, 4.69) is 0 Å². The van der Waals surface area contributed by atoms with E-state index in [1.807, 2.05) is 30.3 Å². The first kappa shape index (κ1) is 20.5. The molecule has 0 amide bonds. The van der Waals surface area contributed by atoms with Crippen molar-refractivity contribution in [1.29, 1.82) is 0 Å². The summed E-state index contributed by atoms with van der Waals surface area (Å²) >= 11 is 12.1. The fourth-order valence-corrected chi connectivity index (χ4v) is 5.12. The van der Waals surface area contributed by atoms with Crippen LogP contribution in [0.25, 0.3) is 10.8 Å². The lowest BCUT2D eigenvalue weighted by Crippen LogP contribution is -2.32. The van der Waals surface area contributed by atoms with Crippen molar-refractivity contribution in [2.24, 2.45) is 0 Å². The van der Waals surface area contributed by atoms with Crippen LogP contribution in [0.2, 0.25) is 10.0 Å². The van der Waals surface area contributed by atoms with Crippen LogP contribution in [0.1, 0.15) is 12.8 Å². The second kappa shape index (κ2) is 8.39. The van der Waals surface area contributed by atoms with Crippen molar-refractivity contribution in [2.75, 3.05) is 10.8 Å². The molecule has 0 fully saturated rings. The van der Waals surface area contributed by atoms with Gasteiger partial charge < -0.3 is 5.11 Å². The highest BCUT2D eigenvalue weighted by Crippen LogP contribution is 2.32. The van der Waals surface area contributed by atoms with Gasteiger partial charge in [-0.05, 0) is 47.5 Å². The molecule has 0 heterocycles. The Morgan fingerprint density at radius 2 is 1.68 bits per heavy atom. The van der Waals surface area contributed by atoms with E-state index in [1.165, 1.54) is 22.5 Å². The van der Waals surface area contributed by atoms with Crippen molar-refractivity contribution >= 4 is 55.7 Å². The molecule has 0 saturated carbocycles. The first-order valence-corrected chi connectivity index (χ1v) is 10.7. The molecule has 3 rings (SSSR count). The van der Waals surface area contributed by atoms with Crippen molar-refractivity contribution in [3.63, 3.8) is 0 Å². The lowest BCUT2D eigenvalue weighted by molar-refractivity contribution is -0.137. The fraction of sp³-hybridized carbons (Fsp3) is 0.150. The number of anilines is 1. The summed E-state index contributed by atoms with van der Waals surface area (Å²) in [5.74, 6) is -0.989. The monoisotopic (exact) mass is 437 g/mol. The van der Waals surface area contributed by atoms with Crippen LogP contribution < -0.4 is 4.31 Å². The van der Waals surface area contributed by atoms with Crippen LogP contribution >= 0.6 is 23.2 Å². The molecule has 0 aromatic heterocycles. The van der Waals surface area contributed by atoms with Crippen molar-refractivity contribution < 1.29 is 18.3 Å². The maximum Gasteiger partial charge on any atom is 0.303 e. The van der Waals surface area contributed by atoms with Gasteiger partial charge in [-0.15, -0.1) is 0 Å². The Morgan fingerprint density at radius 3 is 2.39 bits per heavy atom. The normalized spacial score (nSPS) is 11.5. The number of sulfonamides is 1. The number of carboxylic acids is 1. The lowest BCUT2D eigenvalue weighted by atomic mass is 10.1. The van der Waals surface area contributed by atoms with Gasteiger partial charge in [0.2, 0.25) is 0 Å². The van der Waals surface area contributed by atoms with Crippen LogP contribution in [0.5, 0.6) is 0 Å². The molecule has 0 atom stereocenters. The van der Waals surface area contributed by atoms with Gasteiger partial charge in [0.05, 0.1) is 10.7 Å². The summed E-state index contributed by atoms with van der Waals surface area (Å²) < 4.78 is 27.9. The van der Waals surface area contributed by atoms with Crippen LogP contribution in [-0.4, -0.2) is 26.0 Å². The number of aliphatic carboxylic acids is 1. The Bertz CT molecular complexity index is 1130. The zero-order chi connectivity index (χ0) is 20.3. The van der Waals surface area contributed by atoms with Gasteiger partial charge in [0, 0.05) is 18.0 Å². The number of carboxylic acid groups (broad SMARTS) is 1. The highest BCUT2D eigenvalue weighted by molar-refractivity contribution is 7.93. The van der Waals surface area contributed by atoms with Crippen molar-refractivity contribution in [3.05, 3.63) is 70.7 Å². The molecule has 5 nitrogen and oxygen atoms in total. The molecule has 0 aliphatic heterocycles. The smallest absolute Gasteiger partial charge is 0.303 e. The van der Waals surface area contributed by atoms with Gasteiger partial charge in [-0.25, -0.2) is 8.42 Å². The third-order valence-corrected chi connectivity index (χ3v) is 6.78.